The summed E-state index contributed by atoms with van der Waals surface area (Å²) < 4.78 is 1.42. The zero-order valence-corrected chi connectivity index (χ0v) is 19.9. The van der Waals surface area contributed by atoms with Crippen LogP contribution in [0.3, 0.4) is 0 Å². The molecule has 0 heterocycles. The van der Waals surface area contributed by atoms with Crippen LogP contribution in [0.15, 0.2) is 33.2 Å². The maximum Gasteiger partial charge on any atom is 0.195 e. The molecule has 7 heteroatoms. The molecule has 0 spiro atoms. The quantitative estimate of drug-likeness (QED) is 0.235. The lowest BCUT2D eigenvalue weighted by atomic mass is 9.97. The highest BCUT2D eigenvalue weighted by atomic mass is 79.9. The maximum atomic E-state index is 13.2. The summed E-state index contributed by atoms with van der Waals surface area (Å²) in [6.07, 6.45) is 2.97. The van der Waals surface area contributed by atoms with E-state index in [4.69, 9.17) is 46.4 Å². The van der Waals surface area contributed by atoms with E-state index in [1.165, 1.54) is 0 Å². The van der Waals surface area contributed by atoms with E-state index in [1.807, 2.05) is 0 Å². The van der Waals surface area contributed by atoms with Gasteiger partial charge in [-0.05, 0) is 92.9 Å². The predicted molar refractivity (Wildman–Crippen MR) is 120 cm³/mol. The molecule has 0 aromatic heterocycles. The van der Waals surface area contributed by atoms with Gasteiger partial charge in [0, 0.05) is 41.9 Å². The van der Waals surface area contributed by atoms with Crippen LogP contribution in [0.2, 0.25) is 10.0 Å². The number of carbonyl (C=O) groups excluding carboxylic acids is 1. The smallest absolute Gasteiger partial charge is 0.195 e. The number of hydrogen-bond donors (Lipinski definition) is 0. The van der Waals surface area contributed by atoms with Gasteiger partial charge in [-0.2, -0.15) is 0 Å². The lowest BCUT2D eigenvalue weighted by Gasteiger charge is -2.14. The van der Waals surface area contributed by atoms with Crippen molar-refractivity contribution in [2.24, 2.45) is 0 Å². The minimum atomic E-state index is -0.101. The van der Waals surface area contributed by atoms with Gasteiger partial charge >= 0.3 is 0 Å². The molecule has 2 rings (SSSR count). The monoisotopic (exact) mass is 558 g/mol. The van der Waals surface area contributed by atoms with Crippen LogP contribution < -0.4 is 0 Å². The van der Waals surface area contributed by atoms with Crippen LogP contribution >= 0.6 is 78.3 Å². The summed E-state index contributed by atoms with van der Waals surface area (Å²) >= 11 is 31.3. The molecule has 0 aliphatic carbocycles. The minimum Gasteiger partial charge on any atom is -0.289 e. The first-order chi connectivity index (χ1) is 12.4. The highest BCUT2D eigenvalue weighted by Crippen LogP contribution is 2.35. The van der Waals surface area contributed by atoms with E-state index in [1.54, 1.807) is 24.3 Å². The molecule has 0 radical (unpaired) electrons. The summed E-state index contributed by atoms with van der Waals surface area (Å²) in [6.45, 7) is 0. The van der Waals surface area contributed by atoms with Crippen molar-refractivity contribution in [2.45, 2.75) is 25.7 Å². The first kappa shape index (κ1) is 22.5. The van der Waals surface area contributed by atoms with Gasteiger partial charge in [0.15, 0.2) is 5.78 Å². The van der Waals surface area contributed by atoms with E-state index in [0.29, 0.717) is 54.7 Å². The fourth-order valence-electron chi connectivity index (χ4n) is 2.64. The number of rotatable bonds is 8. The van der Waals surface area contributed by atoms with E-state index in [2.05, 4.69) is 31.9 Å². The van der Waals surface area contributed by atoms with E-state index < -0.39 is 0 Å². The van der Waals surface area contributed by atoms with Crippen molar-refractivity contribution in [2.75, 3.05) is 11.8 Å². The van der Waals surface area contributed by atoms with Crippen molar-refractivity contribution in [3.05, 3.63) is 65.5 Å². The Morgan fingerprint density at radius 3 is 1.50 bits per heavy atom. The molecule has 0 fully saturated rings. The average Bonchev–Trinajstić information content (AvgIpc) is 2.61. The Bertz CT molecular complexity index is 743. The van der Waals surface area contributed by atoms with Gasteiger partial charge in [0.05, 0.1) is 0 Å². The van der Waals surface area contributed by atoms with Crippen molar-refractivity contribution in [3.63, 3.8) is 0 Å². The molecule has 0 atom stereocenters. The molecule has 0 saturated carbocycles. The summed E-state index contributed by atoms with van der Waals surface area (Å²) in [5, 5.41) is 1.24. The molecule has 0 unspecified atom stereocenters. The number of hydrogen-bond acceptors (Lipinski definition) is 1. The molecule has 2 aromatic rings. The third kappa shape index (κ3) is 5.18. The number of alkyl halides is 2. The average molecular weight is 562 g/mol. The molecule has 1 nitrogen and oxygen atoms in total. The third-order valence-electron chi connectivity index (χ3n) is 3.98. The lowest BCUT2D eigenvalue weighted by molar-refractivity contribution is 0.103. The molecule has 140 valence electrons. The molecular weight excluding hydrogens is 546 g/mol. The van der Waals surface area contributed by atoms with Gasteiger partial charge in [-0.1, -0.05) is 23.2 Å². The normalized spacial score (nSPS) is 11.0. The molecule has 26 heavy (non-hydrogen) atoms. The fraction of sp³-hybridized carbons (Fsp3) is 0.316. The van der Waals surface area contributed by atoms with Crippen LogP contribution in [0.1, 0.15) is 39.9 Å². The van der Waals surface area contributed by atoms with Crippen molar-refractivity contribution in [1.29, 1.82) is 0 Å². The maximum absolute atomic E-state index is 13.2. The van der Waals surface area contributed by atoms with Gasteiger partial charge in [0.25, 0.3) is 0 Å². The van der Waals surface area contributed by atoms with Gasteiger partial charge < -0.3 is 0 Å². The highest BCUT2D eigenvalue weighted by Gasteiger charge is 2.21. The minimum absolute atomic E-state index is 0.101. The van der Waals surface area contributed by atoms with Crippen molar-refractivity contribution in [3.8, 4) is 0 Å². The number of ketones is 1. The van der Waals surface area contributed by atoms with Crippen LogP contribution in [0.25, 0.3) is 0 Å². The SMILES string of the molecule is O=C(c1ccc(Cl)c(CCCCl)c1Br)c1ccc(Cl)c(CCCCl)c1Br. The Labute approximate surface area is 190 Å². The molecule has 2 aromatic carbocycles. The van der Waals surface area contributed by atoms with E-state index >= 15 is 0 Å². The Balaban J connectivity index is 2.46. The van der Waals surface area contributed by atoms with Crippen LogP contribution in [0.5, 0.6) is 0 Å². The first-order valence-corrected chi connectivity index (χ1v) is 11.4. The zero-order chi connectivity index (χ0) is 19.3. The van der Waals surface area contributed by atoms with E-state index in [-0.39, 0.29) is 5.78 Å². The second-order valence-corrected chi connectivity index (χ2v) is 8.85. The number of carbonyl (C=O) groups is 1. The highest BCUT2D eigenvalue weighted by molar-refractivity contribution is 9.11. The Morgan fingerprint density at radius 2 is 1.15 bits per heavy atom. The lowest BCUT2D eigenvalue weighted by Crippen LogP contribution is -2.07. The van der Waals surface area contributed by atoms with Crippen molar-refractivity contribution >= 4 is 84.0 Å². The summed E-state index contributed by atoms with van der Waals surface area (Å²) in [4.78, 5) is 13.2. The molecule has 0 aliphatic rings. The second kappa shape index (κ2) is 10.7. The van der Waals surface area contributed by atoms with Gasteiger partial charge in [-0.3, -0.25) is 4.79 Å². The van der Waals surface area contributed by atoms with Crippen LogP contribution in [0, 0.1) is 0 Å². The standard InChI is InChI=1S/C19H16Br2Cl4O/c20-17-11(3-1-9-22)15(24)7-5-13(17)19(26)14-6-8-16(25)12(18(14)21)4-2-10-23/h5-8H,1-4,9-10H2. The van der Waals surface area contributed by atoms with E-state index in [0.717, 1.165) is 24.0 Å². The van der Waals surface area contributed by atoms with E-state index in [9.17, 15) is 4.79 Å². The molecule has 0 aliphatic heterocycles. The molecule has 0 amide bonds. The van der Waals surface area contributed by atoms with Crippen molar-refractivity contribution in [1.82, 2.24) is 0 Å². The third-order valence-corrected chi connectivity index (χ3v) is 7.04. The Morgan fingerprint density at radius 1 is 0.769 bits per heavy atom. The number of benzene rings is 2. The van der Waals surface area contributed by atoms with Gasteiger partial charge in [-0.25, -0.2) is 0 Å². The molecule has 0 saturated heterocycles. The topological polar surface area (TPSA) is 17.1 Å². The largest absolute Gasteiger partial charge is 0.289 e. The Kier molecular flexibility index (Phi) is 9.26. The van der Waals surface area contributed by atoms with Crippen molar-refractivity contribution < 1.29 is 4.79 Å². The first-order valence-electron chi connectivity index (χ1n) is 8.02. The molecular formula is C19H16Br2Cl4O. The Hall–Kier alpha value is 0.230. The van der Waals surface area contributed by atoms with Crippen LogP contribution in [-0.4, -0.2) is 17.5 Å². The number of halogens is 6. The summed E-state index contributed by atoms with van der Waals surface area (Å²) in [7, 11) is 0. The van der Waals surface area contributed by atoms with Gasteiger partial charge in [0.1, 0.15) is 0 Å². The summed E-state index contributed by atoms with van der Waals surface area (Å²) in [5.74, 6) is 0.970. The summed E-state index contributed by atoms with van der Waals surface area (Å²) in [6, 6.07) is 6.97. The van der Waals surface area contributed by atoms with Crippen LogP contribution in [-0.2, 0) is 12.8 Å². The molecule has 0 bridgehead atoms. The predicted octanol–water partition coefficient (Wildman–Crippen LogP) is 8.09. The fourth-order valence-corrected chi connectivity index (χ4v) is 5.08. The van der Waals surface area contributed by atoms with Gasteiger partial charge in [-0.15, -0.1) is 23.2 Å². The summed E-state index contributed by atoms with van der Waals surface area (Å²) in [5.41, 5.74) is 2.91. The van der Waals surface area contributed by atoms with Crippen LogP contribution in [0.4, 0.5) is 0 Å². The zero-order valence-electron chi connectivity index (χ0n) is 13.7. The molecule has 0 N–H and O–H groups in total. The van der Waals surface area contributed by atoms with Gasteiger partial charge in [0.2, 0.25) is 0 Å². The second-order valence-electron chi connectivity index (χ2n) is 5.69.